The summed E-state index contributed by atoms with van der Waals surface area (Å²) in [7, 11) is 0. The van der Waals surface area contributed by atoms with E-state index in [9.17, 15) is 5.11 Å². The van der Waals surface area contributed by atoms with E-state index in [-0.39, 0.29) is 5.75 Å². The Labute approximate surface area is 163 Å². The van der Waals surface area contributed by atoms with E-state index in [4.69, 9.17) is 9.26 Å². The molecule has 0 radical (unpaired) electrons. The second kappa shape index (κ2) is 7.55. The minimum absolute atomic E-state index is 0.116. The Hall–Kier alpha value is -3.00. The second-order valence-corrected chi connectivity index (χ2v) is 6.95. The first kappa shape index (κ1) is 18.4. The van der Waals surface area contributed by atoms with Gasteiger partial charge >= 0.3 is 0 Å². The Bertz CT molecular complexity index is 1000. The fourth-order valence-electron chi connectivity index (χ4n) is 3.33. The summed E-state index contributed by atoms with van der Waals surface area (Å²) in [5, 5.41) is 14.6. The van der Waals surface area contributed by atoms with Crippen LogP contribution < -0.4 is 4.74 Å². The molecular weight excluding hydrogens is 358 g/mol. The standard InChI is InChI=1S/C20H23N5O3/c1-4-18-23-17(24-28-18)11-25-5-6-27-20-15(10-25)7-14(8-16(20)26)19-13(3)21-9-12(2)22-19/h7-9,26H,4-6,10-11H2,1-3H3. The van der Waals surface area contributed by atoms with Crippen molar-refractivity contribution < 1.29 is 14.4 Å². The van der Waals surface area contributed by atoms with Gasteiger partial charge in [0.05, 0.1) is 23.6 Å². The molecule has 0 unspecified atom stereocenters. The Kier molecular flexibility index (Phi) is 4.95. The number of aryl methyl sites for hydroxylation is 3. The van der Waals surface area contributed by atoms with Gasteiger partial charge in [-0.05, 0) is 26.0 Å². The number of ether oxygens (including phenoxy) is 1. The zero-order valence-electron chi connectivity index (χ0n) is 16.3. The smallest absolute Gasteiger partial charge is 0.226 e. The quantitative estimate of drug-likeness (QED) is 0.737. The van der Waals surface area contributed by atoms with Crippen molar-refractivity contribution in [1.29, 1.82) is 0 Å². The lowest BCUT2D eigenvalue weighted by Gasteiger charge is -2.17. The highest BCUT2D eigenvalue weighted by atomic mass is 16.5. The van der Waals surface area contributed by atoms with Gasteiger partial charge in [-0.1, -0.05) is 12.1 Å². The van der Waals surface area contributed by atoms with E-state index in [0.29, 0.717) is 50.1 Å². The predicted molar refractivity (Wildman–Crippen MR) is 102 cm³/mol. The molecule has 0 bridgehead atoms. The number of rotatable bonds is 4. The number of phenolic OH excluding ortho intramolecular Hbond substituents is 1. The van der Waals surface area contributed by atoms with Gasteiger partial charge in [0.15, 0.2) is 17.3 Å². The molecule has 0 saturated carbocycles. The molecule has 146 valence electrons. The van der Waals surface area contributed by atoms with Crippen molar-refractivity contribution in [2.75, 3.05) is 13.2 Å². The van der Waals surface area contributed by atoms with E-state index in [1.54, 1.807) is 12.3 Å². The van der Waals surface area contributed by atoms with Crippen molar-refractivity contribution in [1.82, 2.24) is 25.0 Å². The van der Waals surface area contributed by atoms with E-state index in [0.717, 1.165) is 28.2 Å². The van der Waals surface area contributed by atoms with Crippen molar-refractivity contribution in [3.05, 3.63) is 47.0 Å². The average Bonchev–Trinajstić information content (AvgIpc) is 3.02. The summed E-state index contributed by atoms with van der Waals surface area (Å²) in [6, 6.07) is 3.70. The molecule has 8 heteroatoms. The first-order valence-electron chi connectivity index (χ1n) is 9.36. The molecule has 28 heavy (non-hydrogen) atoms. The molecule has 8 nitrogen and oxygen atoms in total. The molecule has 1 aliphatic heterocycles. The lowest BCUT2D eigenvalue weighted by atomic mass is 10.0. The summed E-state index contributed by atoms with van der Waals surface area (Å²) in [4.78, 5) is 15.5. The van der Waals surface area contributed by atoms with Gasteiger partial charge in [0.1, 0.15) is 6.61 Å². The van der Waals surface area contributed by atoms with E-state index in [1.807, 2.05) is 26.8 Å². The summed E-state index contributed by atoms with van der Waals surface area (Å²) in [5.74, 6) is 1.92. The van der Waals surface area contributed by atoms with Crippen LogP contribution in [-0.4, -0.2) is 43.3 Å². The highest BCUT2D eigenvalue weighted by molar-refractivity contribution is 5.67. The van der Waals surface area contributed by atoms with Crippen LogP contribution in [0.3, 0.4) is 0 Å². The number of phenols is 1. The lowest BCUT2D eigenvalue weighted by molar-refractivity contribution is 0.211. The topological polar surface area (TPSA) is 97.4 Å². The SMILES string of the molecule is CCc1nc(CN2CCOc3c(O)cc(-c4nc(C)cnc4C)cc3C2)no1. The molecule has 2 aromatic heterocycles. The van der Waals surface area contributed by atoms with Gasteiger partial charge in [0.2, 0.25) is 5.89 Å². The average molecular weight is 381 g/mol. The van der Waals surface area contributed by atoms with Crippen LogP contribution in [0, 0.1) is 13.8 Å². The fraction of sp³-hybridized carbons (Fsp3) is 0.400. The van der Waals surface area contributed by atoms with Crippen molar-refractivity contribution in [2.24, 2.45) is 0 Å². The number of fused-ring (bicyclic) bond motifs is 1. The molecular formula is C20H23N5O3. The maximum absolute atomic E-state index is 10.6. The molecule has 1 aliphatic rings. The van der Waals surface area contributed by atoms with Crippen LogP contribution in [0.2, 0.25) is 0 Å². The van der Waals surface area contributed by atoms with Crippen LogP contribution in [0.15, 0.2) is 22.9 Å². The molecule has 1 aromatic carbocycles. The maximum Gasteiger partial charge on any atom is 0.226 e. The molecule has 0 atom stereocenters. The van der Waals surface area contributed by atoms with E-state index < -0.39 is 0 Å². The third-order valence-electron chi connectivity index (χ3n) is 4.72. The van der Waals surface area contributed by atoms with E-state index in [2.05, 4.69) is 25.0 Å². The Morgan fingerprint density at radius 3 is 2.86 bits per heavy atom. The first-order chi connectivity index (χ1) is 13.5. The van der Waals surface area contributed by atoms with Crippen LogP contribution >= 0.6 is 0 Å². The van der Waals surface area contributed by atoms with E-state index in [1.165, 1.54) is 0 Å². The number of hydrogen-bond donors (Lipinski definition) is 1. The van der Waals surface area contributed by atoms with Gasteiger partial charge in [0.25, 0.3) is 0 Å². The largest absolute Gasteiger partial charge is 0.504 e. The highest BCUT2D eigenvalue weighted by Gasteiger charge is 2.22. The van der Waals surface area contributed by atoms with Gasteiger partial charge in [-0.2, -0.15) is 4.98 Å². The van der Waals surface area contributed by atoms with Gasteiger partial charge in [-0.15, -0.1) is 0 Å². The summed E-state index contributed by atoms with van der Waals surface area (Å²) in [6.45, 7) is 8.12. The first-order valence-corrected chi connectivity index (χ1v) is 9.36. The van der Waals surface area contributed by atoms with Gasteiger partial charge < -0.3 is 14.4 Å². The van der Waals surface area contributed by atoms with Crippen LogP contribution in [0.1, 0.15) is 35.6 Å². The highest BCUT2D eigenvalue weighted by Crippen LogP contribution is 2.37. The van der Waals surface area contributed by atoms with Crippen molar-refractivity contribution >= 4 is 0 Å². The third-order valence-corrected chi connectivity index (χ3v) is 4.72. The van der Waals surface area contributed by atoms with Crippen molar-refractivity contribution in [2.45, 2.75) is 40.3 Å². The molecule has 4 rings (SSSR count). The van der Waals surface area contributed by atoms with Crippen molar-refractivity contribution in [3.63, 3.8) is 0 Å². The molecule has 3 heterocycles. The second-order valence-electron chi connectivity index (χ2n) is 6.95. The van der Waals surface area contributed by atoms with Crippen LogP contribution in [0.25, 0.3) is 11.3 Å². The maximum atomic E-state index is 10.6. The number of hydrogen-bond acceptors (Lipinski definition) is 8. The fourth-order valence-corrected chi connectivity index (χ4v) is 3.33. The minimum atomic E-state index is 0.116. The zero-order valence-corrected chi connectivity index (χ0v) is 16.3. The van der Waals surface area contributed by atoms with Gasteiger partial charge in [-0.3, -0.25) is 9.88 Å². The molecule has 0 fully saturated rings. The Balaban J connectivity index is 1.65. The minimum Gasteiger partial charge on any atom is -0.504 e. The number of aromatic nitrogens is 4. The molecule has 0 saturated heterocycles. The third kappa shape index (κ3) is 3.68. The van der Waals surface area contributed by atoms with Gasteiger partial charge in [-0.25, -0.2) is 4.98 Å². The summed E-state index contributed by atoms with van der Waals surface area (Å²) in [5.41, 5.74) is 4.13. The number of nitrogens with zero attached hydrogens (tertiary/aromatic N) is 5. The monoisotopic (exact) mass is 381 g/mol. The van der Waals surface area contributed by atoms with Crippen LogP contribution in [0.4, 0.5) is 0 Å². The summed E-state index contributed by atoms with van der Waals surface area (Å²) in [6.07, 6.45) is 2.45. The molecule has 0 amide bonds. The normalized spacial score (nSPS) is 14.4. The predicted octanol–water partition coefficient (Wildman–Crippen LogP) is 2.81. The number of aromatic hydroxyl groups is 1. The Morgan fingerprint density at radius 2 is 2.07 bits per heavy atom. The molecule has 0 spiro atoms. The molecule has 0 aliphatic carbocycles. The zero-order chi connectivity index (χ0) is 19.7. The van der Waals surface area contributed by atoms with E-state index >= 15 is 0 Å². The summed E-state index contributed by atoms with van der Waals surface area (Å²) >= 11 is 0. The van der Waals surface area contributed by atoms with Crippen LogP contribution in [-0.2, 0) is 19.5 Å². The van der Waals surface area contributed by atoms with Crippen LogP contribution in [0.5, 0.6) is 11.5 Å². The molecule has 3 aromatic rings. The number of benzene rings is 1. The lowest BCUT2D eigenvalue weighted by Crippen LogP contribution is -2.25. The van der Waals surface area contributed by atoms with Crippen molar-refractivity contribution in [3.8, 4) is 22.8 Å². The van der Waals surface area contributed by atoms with Gasteiger partial charge in [0, 0.05) is 36.8 Å². The Morgan fingerprint density at radius 1 is 1.21 bits per heavy atom. The molecule has 1 N–H and O–H groups in total. The summed E-state index contributed by atoms with van der Waals surface area (Å²) < 4.78 is 11.0.